The maximum Gasteiger partial charge on any atom is 0.407 e. The Morgan fingerprint density at radius 1 is 0.714 bits per heavy atom. The molecule has 3 aromatic rings. The average Bonchev–Trinajstić information content (AvgIpc) is 3.86. The highest BCUT2D eigenvalue weighted by Crippen LogP contribution is 2.21. The number of H-pyrrole nitrogens is 1. The van der Waals surface area contributed by atoms with Crippen LogP contribution in [0.1, 0.15) is 84.4 Å². The molecule has 344 valence electrons. The van der Waals surface area contributed by atoms with Crippen molar-refractivity contribution in [2.75, 3.05) is 33.3 Å². The van der Waals surface area contributed by atoms with Gasteiger partial charge in [0.2, 0.25) is 17.7 Å². The van der Waals surface area contributed by atoms with Gasteiger partial charge in [0.05, 0.1) is 13.2 Å². The van der Waals surface area contributed by atoms with Crippen LogP contribution in [0.4, 0.5) is 14.4 Å². The molecule has 19 heteroatoms. The van der Waals surface area contributed by atoms with Crippen LogP contribution in [0.5, 0.6) is 0 Å². The van der Waals surface area contributed by atoms with E-state index < -0.39 is 83.4 Å². The monoisotopic (exact) mass is 878 g/mol. The van der Waals surface area contributed by atoms with Crippen molar-refractivity contribution in [1.82, 2.24) is 42.2 Å². The highest BCUT2D eigenvalue weighted by molar-refractivity contribution is 5.95. The Balaban J connectivity index is 1.42. The number of esters is 1. The van der Waals surface area contributed by atoms with Gasteiger partial charge in [-0.1, -0.05) is 48.5 Å². The van der Waals surface area contributed by atoms with E-state index in [2.05, 4.69) is 42.2 Å². The molecule has 0 spiro atoms. The average molecular weight is 879 g/mol. The molecule has 63 heavy (non-hydrogen) atoms. The fourth-order valence-corrected chi connectivity index (χ4v) is 6.64. The van der Waals surface area contributed by atoms with Crippen LogP contribution in [0.15, 0.2) is 60.8 Å². The van der Waals surface area contributed by atoms with Gasteiger partial charge in [-0.25, -0.2) is 19.2 Å². The van der Waals surface area contributed by atoms with E-state index in [1.807, 2.05) is 24.3 Å². The lowest BCUT2D eigenvalue weighted by molar-refractivity contribution is -0.145. The summed E-state index contributed by atoms with van der Waals surface area (Å²) in [5.74, 6) is -2.58. The van der Waals surface area contributed by atoms with E-state index in [9.17, 15) is 33.6 Å². The Labute approximate surface area is 367 Å². The van der Waals surface area contributed by atoms with Gasteiger partial charge < -0.3 is 61.1 Å². The van der Waals surface area contributed by atoms with Crippen molar-refractivity contribution in [3.63, 3.8) is 0 Å². The van der Waals surface area contributed by atoms with Gasteiger partial charge in [-0.2, -0.15) is 0 Å². The number of aromatic amines is 1. The number of fused-ring (bicyclic) bond motifs is 1. The minimum absolute atomic E-state index is 0.0209. The minimum atomic E-state index is -1.26. The Hall–Kier alpha value is -6.37. The molecule has 0 aliphatic carbocycles. The number of ether oxygens (including phenoxy) is 4. The predicted molar refractivity (Wildman–Crippen MR) is 232 cm³/mol. The zero-order valence-corrected chi connectivity index (χ0v) is 37.0. The molecule has 4 rings (SSSR count). The van der Waals surface area contributed by atoms with Crippen LogP contribution in [0.3, 0.4) is 0 Å². The molecule has 0 saturated carbocycles. The number of hydrogen-bond donors (Lipinski definition) is 8. The maximum absolute atomic E-state index is 14.3. The summed E-state index contributed by atoms with van der Waals surface area (Å²) in [6, 6.07) is 11.6. The first kappa shape index (κ1) is 49.3. The fourth-order valence-electron chi connectivity index (χ4n) is 6.64. The second-order valence-corrected chi connectivity index (χ2v) is 17.1. The summed E-state index contributed by atoms with van der Waals surface area (Å²) in [6.45, 7) is 11.1. The largest absolute Gasteiger partial charge is 0.467 e. The predicted octanol–water partition coefficient (Wildman–Crippen LogP) is 3.39. The number of benzene rings is 2. The third-order valence-electron chi connectivity index (χ3n) is 9.55. The summed E-state index contributed by atoms with van der Waals surface area (Å²) >= 11 is 0. The lowest BCUT2D eigenvalue weighted by Gasteiger charge is -2.26. The van der Waals surface area contributed by atoms with Crippen molar-refractivity contribution < 1.29 is 52.5 Å². The van der Waals surface area contributed by atoms with Crippen LogP contribution < -0.4 is 37.2 Å². The number of carbonyl (C=O) groups excluding carboxylic acids is 7. The Bertz CT molecular complexity index is 2030. The van der Waals surface area contributed by atoms with Gasteiger partial charge in [-0.05, 0) is 78.0 Å². The topological polar surface area (TPSA) is 256 Å². The molecule has 1 aromatic heterocycles. The summed E-state index contributed by atoms with van der Waals surface area (Å²) in [4.78, 5) is 94.7. The highest BCUT2D eigenvalue weighted by Gasteiger charge is 2.36. The van der Waals surface area contributed by atoms with Gasteiger partial charge in [0, 0.05) is 56.1 Å². The second-order valence-electron chi connectivity index (χ2n) is 17.1. The number of hydrogen-bond acceptors (Lipinski definition) is 12. The normalized spacial score (nSPS) is 16.4. The Kier molecular flexibility index (Phi) is 18.1. The van der Waals surface area contributed by atoms with E-state index in [0.717, 1.165) is 16.5 Å². The molecular weight excluding hydrogens is 817 g/mol. The zero-order chi connectivity index (χ0) is 46.2. The molecule has 2 heterocycles. The minimum Gasteiger partial charge on any atom is -0.467 e. The smallest absolute Gasteiger partial charge is 0.407 e. The number of para-hydroxylation sites is 1. The lowest BCUT2D eigenvalue weighted by atomic mass is 10.0. The third-order valence-corrected chi connectivity index (χ3v) is 9.55. The van der Waals surface area contributed by atoms with Crippen LogP contribution in [0, 0.1) is 0 Å². The van der Waals surface area contributed by atoms with E-state index in [-0.39, 0.29) is 45.4 Å². The molecule has 0 radical (unpaired) electrons. The molecule has 8 N–H and O–H groups in total. The van der Waals surface area contributed by atoms with Gasteiger partial charge in [0.25, 0.3) is 0 Å². The maximum atomic E-state index is 14.3. The van der Waals surface area contributed by atoms with Gasteiger partial charge in [0.1, 0.15) is 35.4 Å². The number of alkyl carbamates (subject to hydrolysis) is 3. The second kappa shape index (κ2) is 23.2. The molecule has 1 fully saturated rings. The number of amides is 6. The SMILES string of the molecule is COC(=O)[C@H](CCCCNC(=O)OC(C)(C)C)NC(=O)[C@@H](Cc1c[nH]c2ccccc12)NC(=O)[C@@H](NC(=O)[C@@H]1C[C@@H](OC(=O)NCCNC(=O)OC(C)(C)C)CN1)c1ccccc1. The zero-order valence-electron chi connectivity index (χ0n) is 37.0. The molecule has 6 amide bonds. The molecule has 1 aliphatic heterocycles. The van der Waals surface area contributed by atoms with E-state index >= 15 is 0 Å². The number of unbranched alkanes of at least 4 members (excludes halogenated alkanes) is 1. The van der Waals surface area contributed by atoms with Crippen molar-refractivity contribution in [2.24, 2.45) is 0 Å². The van der Waals surface area contributed by atoms with Crippen molar-refractivity contribution in [2.45, 2.75) is 115 Å². The molecule has 2 aromatic carbocycles. The summed E-state index contributed by atoms with van der Waals surface area (Å²) < 4.78 is 20.9. The lowest BCUT2D eigenvalue weighted by Crippen LogP contribution is -2.55. The number of methoxy groups -OCH3 is 1. The van der Waals surface area contributed by atoms with Crippen LogP contribution in [0.2, 0.25) is 0 Å². The van der Waals surface area contributed by atoms with Crippen LogP contribution in [0.25, 0.3) is 10.9 Å². The van der Waals surface area contributed by atoms with Gasteiger partial charge in [-0.3, -0.25) is 14.4 Å². The number of rotatable bonds is 19. The van der Waals surface area contributed by atoms with E-state index in [1.54, 1.807) is 78.1 Å². The first-order chi connectivity index (χ1) is 29.8. The molecule has 1 saturated heterocycles. The molecule has 5 atom stereocenters. The molecule has 0 bridgehead atoms. The van der Waals surface area contributed by atoms with Gasteiger partial charge in [-0.15, -0.1) is 0 Å². The van der Waals surface area contributed by atoms with E-state index in [1.165, 1.54) is 7.11 Å². The molecule has 1 aliphatic rings. The van der Waals surface area contributed by atoms with Gasteiger partial charge in [0.15, 0.2) is 0 Å². The molecule has 0 unspecified atom stereocenters. The molecular formula is C44H62N8O11. The number of carbonyl (C=O) groups is 7. The van der Waals surface area contributed by atoms with E-state index in [4.69, 9.17) is 18.9 Å². The number of nitrogens with one attached hydrogen (secondary N) is 8. The fraction of sp³-hybridized carbons (Fsp3) is 0.523. The summed E-state index contributed by atoms with van der Waals surface area (Å²) in [7, 11) is 1.21. The Morgan fingerprint density at radius 3 is 1.97 bits per heavy atom. The summed E-state index contributed by atoms with van der Waals surface area (Å²) in [6.07, 6.45) is 0.357. The number of aromatic nitrogens is 1. The van der Waals surface area contributed by atoms with Gasteiger partial charge >= 0.3 is 24.2 Å². The first-order valence-corrected chi connectivity index (χ1v) is 21.0. The third kappa shape index (κ3) is 16.8. The Morgan fingerprint density at radius 2 is 1.32 bits per heavy atom. The quantitative estimate of drug-likeness (QED) is 0.0490. The standard InChI is InChI=1S/C44H62N8O11/c1-43(2,3)62-41(58)45-20-14-13-19-32(39(56)60-7)50-37(54)34(23-28-25-48-31-18-12-11-17-30(28)31)51-38(55)35(27-15-9-8-10-16-27)52-36(53)33-24-29(26-49-33)61-40(57)46-21-22-47-42(59)63-44(4,5)6/h8-12,15-18,25,29,32-35,48-49H,13-14,19-24,26H2,1-7H3,(H,45,58)(H,46,57)(H,47,59)(H,50,54)(H,51,55)(H,52,53)/t29-,32+,33+,34-,35+/m1/s1. The van der Waals surface area contributed by atoms with Crippen LogP contribution >= 0.6 is 0 Å². The first-order valence-electron chi connectivity index (χ1n) is 21.0. The van der Waals surface area contributed by atoms with Crippen LogP contribution in [-0.2, 0) is 44.5 Å². The van der Waals surface area contributed by atoms with Crippen molar-refractivity contribution in [3.05, 3.63) is 71.9 Å². The van der Waals surface area contributed by atoms with E-state index in [0.29, 0.717) is 18.4 Å². The van der Waals surface area contributed by atoms with Crippen molar-refractivity contribution in [3.8, 4) is 0 Å². The summed E-state index contributed by atoms with van der Waals surface area (Å²) in [5, 5.41) is 20.0. The molecule has 19 nitrogen and oxygen atoms in total. The summed E-state index contributed by atoms with van der Waals surface area (Å²) in [5.41, 5.74) is 0.654. The van der Waals surface area contributed by atoms with Crippen LogP contribution in [-0.4, -0.2) is 116 Å². The van der Waals surface area contributed by atoms with Crippen molar-refractivity contribution in [1.29, 1.82) is 0 Å². The highest BCUT2D eigenvalue weighted by atomic mass is 16.6. The van der Waals surface area contributed by atoms with Crippen molar-refractivity contribution >= 4 is 52.9 Å².